The second kappa shape index (κ2) is 7.69. The van der Waals surface area contributed by atoms with Gasteiger partial charge in [0.05, 0.1) is 5.56 Å². The van der Waals surface area contributed by atoms with Gasteiger partial charge in [-0.2, -0.15) is 4.68 Å². The highest BCUT2D eigenvalue weighted by atomic mass is 32.1. The van der Waals surface area contributed by atoms with Crippen molar-refractivity contribution in [3.63, 3.8) is 0 Å². The first kappa shape index (κ1) is 18.6. The minimum Gasteiger partial charge on any atom is -0.369 e. The smallest absolute Gasteiger partial charge is 0.259 e. The molecule has 0 aliphatic carbocycles. The van der Waals surface area contributed by atoms with Gasteiger partial charge in [0, 0.05) is 42.4 Å². The third kappa shape index (κ3) is 3.63. The molecule has 1 saturated heterocycles. The van der Waals surface area contributed by atoms with Crippen LogP contribution in [0.5, 0.6) is 0 Å². The summed E-state index contributed by atoms with van der Waals surface area (Å²) in [5.41, 5.74) is 3.51. The van der Waals surface area contributed by atoms with Crippen LogP contribution in [-0.4, -0.2) is 64.2 Å². The Bertz CT molecular complexity index is 957. The number of rotatable bonds is 4. The number of piperazine rings is 1. The van der Waals surface area contributed by atoms with E-state index in [1.54, 1.807) is 0 Å². The van der Waals surface area contributed by atoms with E-state index in [1.165, 1.54) is 28.0 Å². The maximum atomic E-state index is 13.0. The molecule has 0 spiro atoms. The molecule has 28 heavy (non-hydrogen) atoms. The highest BCUT2D eigenvalue weighted by Crippen LogP contribution is 2.31. The van der Waals surface area contributed by atoms with Gasteiger partial charge in [0.1, 0.15) is 11.3 Å². The summed E-state index contributed by atoms with van der Waals surface area (Å²) in [7, 11) is 2.15. The topological polar surface area (TPSA) is 79.2 Å². The molecule has 1 fully saturated rings. The molecule has 1 aliphatic rings. The van der Waals surface area contributed by atoms with Crippen LogP contribution in [0.4, 0.5) is 11.4 Å². The number of carbonyl (C=O) groups is 1. The molecule has 3 heterocycles. The molecule has 8 nitrogen and oxygen atoms in total. The Morgan fingerprint density at radius 2 is 1.82 bits per heavy atom. The van der Waals surface area contributed by atoms with Crippen molar-refractivity contribution in [2.75, 3.05) is 43.4 Å². The average Bonchev–Trinajstić information content (AvgIpc) is 3.32. The number of amides is 1. The molecule has 146 valence electrons. The van der Waals surface area contributed by atoms with Crippen molar-refractivity contribution in [2.45, 2.75) is 13.8 Å². The zero-order valence-corrected chi connectivity index (χ0v) is 17.0. The van der Waals surface area contributed by atoms with Gasteiger partial charge in [-0.05, 0) is 61.2 Å². The summed E-state index contributed by atoms with van der Waals surface area (Å²) in [6, 6.07) is 8.04. The van der Waals surface area contributed by atoms with E-state index in [-0.39, 0.29) is 5.91 Å². The van der Waals surface area contributed by atoms with Crippen molar-refractivity contribution in [3.05, 3.63) is 46.6 Å². The van der Waals surface area contributed by atoms with Gasteiger partial charge in [0.2, 0.25) is 0 Å². The molecule has 0 saturated carbocycles. The van der Waals surface area contributed by atoms with Crippen molar-refractivity contribution in [3.8, 4) is 5.00 Å². The number of nitrogens with one attached hydrogen (secondary N) is 1. The lowest BCUT2D eigenvalue weighted by molar-refractivity contribution is 0.102. The van der Waals surface area contributed by atoms with Crippen LogP contribution in [0.25, 0.3) is 5.00 Å². The Kier molecular flexibility index (Phi) is 5.10. The zero-order chi connectivity index (χ0) is 19.7. The van der Waals surface area contributed by atoms with E-state index in [9.17, 15) is 4.79 Å². The van der Waals surface area contributed by atoms with Crippen molar-refractivity contribution in [1.82, 2.24) is 25.1 Å². The Labute approximate surface area is 167 Å². The molecule has 9 heteroatoms. The van der Waals surface area contributed by atoms with Gasteiger partial charge in [-0.25, -0.2) is 0 Å². The van der Waals surface area contributed by atoms with Gasteiger partial charge in [0.15, 0.2) is 0 Å². The lowest BCUT2D eigenvalue weighted by Crippen LogP contribution is -2.44. The predicted molar refractivity (Wildman–Crippen MR) is 111 cm³/mol. The first-order valence-electron chi connectivity index (χ1n) is 9.21. The molecule has 0 atom stereocenters. The van der Waals surface area contributed by atoms with Crippen molar-refractivity contribution >= 4 is 28.6 Å². The maximum absolute atomic E-state index is 13.0. The van der Waals surface area contributed by atoms with Gasteiger partial charge in [-0.3, -0.25) is 4.79 Å². The number of tetrazole rings is 1. The molecule has 1 amide bonds. The van der Waals surface area contributed by atoms with E-state index in [2.05, 4.69) is 49.8 Å². The molecule has 0 radical (unpaired) electrons. The minimum absolute atomic E-state index is 0.153. The monoisotopic (exact) mass is 397 g/mol. The number of benzene rings is 1. The number of aromatic nitrogens is 4. The van der Waals surface area contributed by atoms with E-state index in [1.807, 2.05) is 26.0 Å². The number of anilines is 2. The summed E-state index contributed by atoms with van der Waals surface area (Å²) in [6.07, 6.45) is 1.51. The van der Waals surface area contributed by atoms with Gasteiger partial charge in [-0.1, -0.05) is 0 Å². The fourth-order valence-electron chi connectivity index (χ4n) is 3.31. The molecule has 0 bridgehead atoms. The van der Waals surface area contributed by atoms with Crippen LogP contribution in [0.1, 0.15) is 20.8 Å². The van der Waals surface area contributed by atoms with E-state index in [4.69, 9.17) is 0 Å². The highest BCUT2D eigenvalue weighted by molar-refractivity contribution is 7.15. The summed E-state index contributed by atoms with van der Waals surface area (Å²) in [5, 5.41) is 15.0. The van der Waals surface area contributed by atoms with Crippen LogP contribution in [-0.2, 0) is 0 Å². The first-order valence-corrected chi connectivity index (χ1v) is 10.0. The molecule has 3 aromatic rings. The third-order valence-electron chi connectivity index (χ3n) is 5.14. The second-order valence-electron chi connectivity index (χ2n) is 7.01. The molecule has 0 unspecified atom stereocenters. The lowest BCUT2D eigenvalue weighted by atomic mass is 10.1. The lowest BCUT2D eigenvalue weighted by Gasteiger charge is -2.34. The Balaban J connectivity index is 1.52. The Morgan fingerprint density at radius 3 is 2.46 bits per heavy atom. The summed E-state index contributed by atoms with van der Waals surface area (Å²) < 4.78 is 1.54. The van der Waals surface area contributed by atoms with E-state index < -0.39 is 0 Å². The quantitative estimate of drug-likeness (QED) is 0.728. The molecular weight excluding hydrogens is 374 g/mol. The van der Waals surface area contributed by atoms with Crippen LogP contribution < -0.4 is 10.2 Å². The largest absolute Gasteiger partial charge is 0.369 e. The number of thiophene rings is 1. The minimum atomic E-state index is -0.153. The van der Waals surface area contributed by atoms with Gasteiger partial charge in [-0.15, -0.1) is 16.4 Å². The second-order valence-corrected chi connectivity index (χ2v) is 8.21. The van der Waals surface area contributed by atoms with Crippen molar-refractivity contribution in [1.29, 1.82) is 0 Å². The van der Waals surface area contributed by atoms with Crippen molar-refractivity contribution < 1.29 is 4.79 Å². The normalized spacial score (nSPS) is 15.0. The van der Waals surface area contributed by atoms with Crippen LogP contribution in [0.3, 0.4) is 0 Å². The zero-order valence-electron chi connectivity index (χ0n) is 16.2. The molecule has 1 aliphatic heterocycles. The van der Waals surface area contributed by atoms with Crippen LogP contribution in [0.2, 0.25) is 0 Å². The molecule has 4 rings (SSSR count). The molecule has 1 aromatic carbocycles. The predicted octanol–water partition coefficient (Wildman–Crippen LogP) is 2.34. The number of likely N-dealkylation sites (N-methyl/N-ethyl adjacent to an activating group) is 1. The van der Waals surface area contributed by atoms with Crippen LogP contribution in [0, 0.1) is 13.8 Å². The van der Waals surface area contributed by atoms with Gasteiger partial charge >= 0.3 is 0 Å². The number of nitrogens with zero attached hydrogens (tertiary/aromatic N) is 6. The number of hydrogen-bond acceptors (Lipinski definition) is 7. The molecule has 2 aromatic heterocycles. The average molecular weight is 398 g/mol. The number of hydrogen-bond donors (Lipinski definition) is 1. The van der Waals surface area contributed by atoms with E-state index in [0.29, 0.717) is 5.56 Å². The van der Waals surface area contributed by atoms with Gasteiger partial charge < -0.3 is 15.1 Å². The number of aryl methyl sites for hydroxylation is 1. The van der Waals surface area contributed by atoms with Crippen LogP contribution >= 0.6 is 11.3 Å². The SMILES string of the molecule is Cc1sc(-n2cnnn2)c(C(=O)Nc2ccc(N3CCN(C)CC3)cc2)c1C. The third-order valence-corrected chi connectivity index (χ3v) is 6.34. The molecular formula is C19H23N7OS. The Morgan fingerprint density at radius 1 is 1.11 bits per heavy atom. The summed E-state index contributed by atoms with van der Waals surface area (Å²) in [4.78, 5) is 18.8. The van der Waals surface area contributed by atoms with E-state index >= 15 is 0 Å². The highest BCUT2D eigenvalue weighted by Gasteiger charge is 2.22. The maximum Gasteiger partial charge on any atom is 0.259 e. The summed E-state index contributed by atoms with van der Waals surface area (Å²) in [5.74, 6) is -0.153. The summed E-state index contributed by atoms with van der Waals surface area (Å²) >= 11 is 1.51. The number of carbonyl (C=O) groups excluding carboxylic acids is 1. The fraction of sp³-hybridized carbons (Fsp3) is 0.368. The fourth-order valence-corrected chi connectivity index (χ4v) is 4.38. The van der Waals surface area contributed by atoms with Gasteiger partial charge in [0.25, 0.3) is 5.91 Å². The standard InChI is InChI=1S/C19H23N7OS/c1-13-14(2)28-19(26-12-20-22-23-26)17(13)18(27)21-15-4-6-16(7-5-15)25-10-8-24(3)9-11-25/h4-7,12H,8-11H2,1-3H3,(H,21,27). The Hall–Kier alpha value is -2.78. The first-order chi connectivity index (χ1) is 13.5. The van der Waals surface area contributed by atoms with Crippen molar-refractivity contribution in [2.24, 2.45) is 0 Å². The van der Waals surface area contributed by atoms with Crippen LogP contribution in [0.15, 0.2) is 30.6 Å². The molecule has 1 N–H and O–H groups in total. The summed E-state index contributed by atoms with van der Waals surface area (Å²) in [6.45, 7) is 8.11. The van der Waals surface area contributed by atoms with E-state index in [0.717, 1.165) is 47.3 Å².